The summed E-state index contributed by atoms with van der Waals surface area (Å²) in [6.07, 6.45) is 0. The Hall–Kier alpha value is -2.74. The van der Waals surface area contributed by atoms with Gasteiger partial charge in [-0.2, -0.15) is 4.98 Å². The van der Waals surface area contributed by atoms with Gasteiger partial charge in [0.25, 0.3) is 11.8 Å². The minimum absolute atomic E-state index is 0. The van der Waals surface area contributed by atoms with Gasteiger partial charge in [0.2, 0.25) is 0 Å². The van der Waals surface area contributed by atoms with Gasteiger partial charge in [-0.15, -0.1) is 12.4 Å². The first-order chi connectivity index (χ1) is 13.2. The van der Waals surface area contributed by atoms with E-state index in [1.807, 2.05) is 42.5 Å². The van der Waals surface area contributed by atoms with Crippen LogP contribution in [0.3, 0.4) is 0 Å². The number of halogens is 1. The van der Waals surface area contributed by atoms with Crippen LogP contribution in [-0.2, 0) is 0 Å². The van der Waals surface area contributed by atoms with Crippen molar-refractivity contribution in [1.29, 1.82) is 0 Å². The molecule has 1 saturated heterocycles. The van der Waals surface area contributed by atoms with Gasteiger partial charge in [-0.25, -0.2) is 0 Å². The number of aromatic nitrogens is 2. The van der Waals surface area contributed by atoms with Gasteiger partial charge in [-0.3, -0.25) is 9.69 Å². The number of anilines is 1. The third-order valence-corrected chi connectivity index (χ3v) is 4.68. The van der Waals surface area contributed by atoms with Crippen LogP contribution in [0.5, 0.6) is 0 Å². The molecule has 0 spiro atoms. The van der Waals surface area contributed by atoms with Gasteiger partial charge >= 0.3 is 0 Å². The minimum atomic E-state index is -0.142. The monoisotopic (exact) mass is 399 g/mol. The lowest BCUT2D eigenvalue weighted by molar-refractivity contribution is 0.102. The second-order valence-corrected chi connectivity index (χ2v) is 6.56. The molecule has 1 atom stereocenters. The molecule has 7 nitrogen and oxygen atoms in total. The molecule has 146 valence electrons. The van der Waals surface area contributed by atoms with Crippen molar-refractivity contribution in [2.24, 2.45) is 0 Å². The molecule has 3 aromatic rings. The Morgan fingerprint density at radius 3 is 2.64 bits per heavy atom. The molecule has 1 fully saturated rings. The van der Waals surface area contributed by atoms with Crippen molar-refractivity contribution < 1.29 is 9.32 Å². The minimum Gasteiger partial charge on any atom is -0.334 e. The van der Waals surface area contributed by atoms with Gasteiger partial charge in [-0.1, -0.05) is 23.4 Å². The number of piperazine rings is 1. The van der Waals surface area contributed by atoms with Crippen LogP contribution in [-0.4, -0.2) is 47.6 Å². The largest absolute Gasteiger partial charge is 0.334 e. The molecule has 8 heteroatoms. The van der Waals surface area contributed by atoms with E-state index in [9.17, 15) is 4.79 Å². The van der Waals surface area contributed by atoms with E-state index in [2.05, 4.69) is 32.7 Å². The summed E-state index contributed by atoms with van der Waals surface area (Å²) in [7, 11) is 2.06. The Morgan fingerprint density at radius 1 is 1.18 bits per heavy atom. The number of hydrogen-bond acceptors (Lipinski definition) is 6. The standard InChI is InChI=1S/C20H21N5O2.ClH/c1-25-12-11-21-13-17(25)18-23-20(27-24-18)15-7-9-16(10-8-15)22-19(26)14-5-3-2-4-6-14;/h2-10,17,21H,11-13H2,1H3,(H,22,26);1H. The summed E-state index contributed by atoms with van der Waals surface area (Å²) in [6.45, 7) is 2.72. The van der Waals surface area contributed by atoms with Gasteiger partial charge < -0.3 is 15.2 Å². The topological polar surface area (TPSA) is 83.3 Å². The van der Waals surface area contributed by atoms with Crippen LogP contribution in [0.15, 0.2) is 59.1 Å². The van der Waals surface area contributed by atoms with Crippen molar-refractivity contribution in [3.05, 3.63) is 66.0 Å². The van der Waals surface area contributed by atoms with Crippen molar-refractivity contribution in [2.45, 2.75) is 6.04 Å². The summed E-state index contributed by atoms with van der Waals surface area (Å²) >= 11 is 0. The predicted molar refractivity (Wildman–Crippen MR) is 110 cm³/mol. The van der Waals surface area contributed by atoms with E-state index in [1.54, 1.807) is 12.1 Å². The molecule has 2 heterocycles. The molecule has 1 aliphatic heterocycles. The number of likely N-dealkylation sites (N-methyl/N-ethyl adjacent to an activating group) is 1. The van der Waals surface area contributed by atoms with Crippen LogP contribution in [0.2, 0.25) is 0 Å². The Kier molecular flexibility index (Phi) is 6.41. The molecular weight excluding hydrogens is 378 g/mol. The van der Waals surface area contributed by atoms with Crippen LogP contribution in [0, 0.1) is 0 Å². The smallest absolute Gasteiger partial charge is 0.257 e. The average Bonchev–Trinajstić information content (AvgIpc) is 3.19. The molecule has 2 aromatic carbocycles. The van der Waals surface area contributed by atoms with Crippen molar-refractivity contribution in [2.75, 3.05) is 32.0 Å². The molecule has 0 saturated carbocycles. The third-order valence-electron chi connectivity index (χ3n) is 4.68. The highest BCUT2D eigenvalue weighted by molar-refractivity contribution is 6.04. The van der Waals surface area contributed by atoms with Crippen LogP contribution >= 0.6 is 12.4 Å². The van der Waals surface area contributed by atoms with E-state index in [0.29, 0.717) is 23.0 Å². The fourth-order valence-corrected chi connectivity index (χ4v) is 3.07. The number of nitrogens with zero attached hydrogens (tertiary/aromatic N) is 3. The fraction of sp³-hybridized carbons (Fsp3) is 0.250. The summed E-state index contributed by atoms with van der Waals surface area (Å²) in [5.41, 5.74) is 2.15. The van der Waals surface area contributed by atoms with E-state index >= 15 is 0 Å². The zero-order chi connectivity index (χ0) is 18.6. The molecular formula is C20H22ClN5O2. The quantitative estimate of drug-likeness (QED) is 0.701. The van der Waals surface area contributed by atoms with E-state index in [4.69, 9.17) is 4.52 Å². The lowest BCUT2D eigenvalue weighted by Crippen LogP contribution is -2.44. The van der Waals surface area contributed by atoms with E-state index in [1.165, 1.54) is 0 Å². The van der Waals surface area contributed by atoms with Gasteiger partial charge in [0.05, 0.1) is 6.04 Å². The lowest BCUT2D eigenvalue weighted by Gasteiger charge is -2.30. The molecule has 1 aliphatic rings. The Labute approximate surface area is 169 Å². The SMILES string of the molecule is CN1CCNCC1c1noc(-c2ccc(NC(=O)c3ccccc3)cc2)n1.Cl. The van der Waals surface area contributed by atoms with Crippen LogP contribution < -0.4 is 10.6 Å². The van der Waals surface area contributed by atoms with Crippen molar-refractivity contribution in [3.8, 4) is 11.5 Å². The first kappa shape index (κ1) is 20.0. The summed E-state index contributed by atoms with van der Waals surface area (Å²) in [6, 6.07) is 16.6. The zero-order valence-electron chi connectivity index (χ0n) is 15.5. The maximum atomic E-state index is 12.2. The first-order valence-electron chi connectivity index (χ1n) is 8.92. The Bertz CT molecular complexity index is 914. The maximum absolute atomic E-state index is 12.2. The maximum Gasteiger partial charge on any atom is 0.257 e. The van der Waals surface area contributed by atoms with E-state index in [0.717, 1.165) is 25.2 Å². The molecule has 1 unspecified atom stereocenters. The van der Waals surface area contributed by atoms with Crippen molar-refractivity contribution >= 4 is 24.0 Å². The number of benzene rings is 2. The molecule has 1 amide bonds. The average molecular weight is 400 g/mol. The highest BCUT2D eigenvalue weighted by Crippen LogP contribution is 2.24. The predicted octanol–water partition coefficient (Wildman–Crippen LogP) is 2.99. The summed E-state index contributed by atoms with van der Waals surface area (Å²) in [4.78, 5) is 19.0. The molecule has 28 heavy (non-hydrogen) atoms. The van der Waals surface area contributed by atoms with Crippen molar-refractivity contribution in [1.82, 2.24) is 20.4 Å². The first-order valence-corrected chi connectivity index (χ1v) is 8.92. The normalized spacial score (nSPS) is 17.0. The summed E-state index contributed by atoms with van der Waals surface area (Å²) in [5.74, 6) is 1.02. The number of amides is 1. The second-order valence-electron chi connectivity index (χ2n) is 6.56. The molecule has 4 rings (SSSR count). The Balaban J connectivity index is 0.00000225. The molecule has 0 aliphatic carbocycles. The number of hydrogen-bond donors (Lipinski definition) is 2. The second kappa shape index (κ2) is 8.97. The number of carbonyl (C=O) groups excluding carboxylic acids is 1. The number of nitrogens with one attached hydrogen (secondary N) is 2. The van der Waals surface area contributed by atoms with Crippen LogP contribution in [0.4, 0.5) is 5.69 Å². The van der Waals surface area contributed by atoms with Gasteiger partial charge in [0, 0.05) is 36.4 Å². The van der Waals surface area contributed by atoms with Gasteiger partial charge in [-0.05, 0) is 43.4 Å². The number of rotatable bonds is 4. The van der Waals surface area contributed by atoms with Gasteiger partial charge in [0.15, 0.2) is 5.82 Å². The molecule has 0 radical (unpaired) electrons. The lowest BCUT2D eigenvalue weighted by atomic mass is 10.1. The van der Waals surface area contributed by atoms with Crippen LogP contribution in [0.1, 0.15) is 22.2 Å². The summed E-state index contributed by atoms with van der Waals surface area (Å²) < 4.78 is 5.44. The van der Waals surface area contributed by atoms with E-state index in [-0.39, 0.29) is 24.4 Å². The zero-order valence-corrected chi connectivity index (χ0v) is 16.3. The highest BCUT2D eigenvalue weighted by Gasteiger charge is 2.25. The third kappa shape index (κ3) is 4.39. The highest BCUT2D eigenvalue weighted by atomic mass is 35.5. The summed E-state index contributed by atoms with van der Waals surface area (Å²) in [5, 5.41) is 10.4. The Morgan fingerprint density at radius 2 is 1.93 bits per heavy atom. The van der Waals surface area contributed by atoms with Gasteiger partial charge in [0.1, 0.15) is 0 Å². The van der Waals surface area contributed by atoms with Crippen LogP contribution in [0.25, 0.3) is 11.5 Å². The van der Waals surface area contributed by atoms with Crippen molar-refractivity contribution in [3.63, 3.8) is 0 Å². The molecule has 1 aromatic heterocycles. The molecule has 0 bridgehead atoms. The fourth-order valence-electron chi connectivity index (χ4n) is 3.07. The molecule has 2 N–H and O–H groups in total. The van der Waals surface area contributed by atoms with E-state index < -0.39 is 0 Å². The number of carbonyl (C=O) groups is 1.